The number of nitrogens with zero attached hydrogens (tertiary/aromatic N) is 4. The number of carbonyl (C=O) groups is 1. The van der Waals surface area contributed by atoms with E-state index in [-0.39, 0.29) is 12.5 Å². The van der Waals surface area contributed by atoms with Gasteiger partial charge in [0.15, 0.2) is 0 Å². The fraction of sp³-hybridized carbons (Fsp3) is 0.333. The first kappa shape index (κ1) is 21.4. The van der Waals surface area contributed by atoms with E-state index in [4.69, 9.17) is 9.94 Å². The molecule has 9 heteroatoms. The van der Waals surface area contributed by atoms with Gasteiger partial charge in [-0.15, -0.1) is 0 Å². The Kier molecular flexibility index (Phi) is 7.47. The van der Waals surface area contributed by atoms with Crippen LogP contribution in [0.2, 0.25) is 0 Å². The average molecular weight is 410 g/mol. The lowest BCUT2D eigenvalue weighted by Gasteiger charge is -2.09. The van der Waals surface area contributed by atoms with Gasteiger partial charge < -0.3 is 10.4 Å². The first-order valence-corrected chi connectivity index (χ1v) is 9.78. The van der Waals surface area contributed by atoms with Gasteiger partial charge in [-0.05, 0) is 48.1 Å². The quantitative estimate of drug-likeness (QED) is 0.438. The normalized spacial score (nSPS) is 10.8. The second kappa shape index (κ2) is 10.5. The summed E-state index contributed by atoms with van der Waals surface area (Å²) in [5, 5.41) is 16.2. The van der Waals surface area contributed by atoms with Crippen LogP contribution >= 0.6 is 0 Å². The highest BCUT2D eigenvalue weighted by molar-refractivity contribution is 5.93. The van der Waals surface area contributed by atoms with E-state index < -0.39 is 0 Å². The third-order valence-corrected chi connectivity index (χ3v) is 4.54. The summed E-state index contributed by atoms with van der Waals surface area (Å²) in [7, 11) is 1.42. The Morgan fingerprint density at radius 3 is 2.53 bits per heavy atom. The average Bonchev–Trinajstić information content (AvgIpc) is 3.20. The van der Waals surface area contributed by atoms with Crippen molar-refractivity contribution in [3.8, 4) is 0 Å². The lowest BCUT2D eigenvalue weighted by Crippen LogP contribution is -2.22. The standard InChI is InChI=1S/C21H26N6O3/c1-3-15-8-16(10-18(9-15)20(29)26-30-2)4-5-17-11-22-21(23-12-17)25-19-13-24-27(14-19)6-7-28/h8-14,28H,3-7H2,1-2H3,(H,26,29)(H,22,23,25). The lowest BCUT2D eigenvalue weighted by molar-refractivity contribution is 0.0537. The van der Waals surface area contributed by atoms with Gasteiger partial charge in [-0.3, -0.25) is 14.3 Å². The van der Waals surface area contributed by atoms with Gasteiger partial charge in [-0.1, -0.05) is 13.0 Å². The van der Waals surface area contributed by atoms with Crippen molar-refractivity contribution in [3.63, 3.8) is 0 Å². The molecule has 1 aromatic carbocycles. The monoisotopic (exact) mass is 410 g/mol. The summed E-state index contributed by atoms with van der Waals surface area (Å²) in [5.41, 5.74) is 6.89. The summed E-state index contributed by atoms with van der Waals surface area (Å²) < 4.78 is 1.64. The number of nitrogens with one attached hydrogen (secondary N) is 2. The molecular formula is C21H26N6O3. The number of carbonyl (C=O) groups excluding carboxylic acids is 1. The maximum absolute atomic E-state index is 12.1. The molecule has 0 fully saturated rings. The molecule has 3 aromatic rings. The lowest BCUT2D eigenvalue weighted by atomic mass is 9.99. The molecule has 0 saturated heterocycles. The zero-order valence-corrected chi connectivity index (χ0v) is 17.1. The van der Waals surface area contributed by atoms with Crippen molar-refractivity contribution in [2.24, 2.45) is 0 Å². The second-order valence-corrected chi connectivity index (χ2v) is 6.78. The van der Waals surface area contributed by atoms with E-state index in [9.17, 15) is 4.79 Å². The van der Waals surface area contributed by atoms with Crippen LogP contribution in [0.15, 0.2) is 43.0 Å². The van der Waals surface area contributed by atoms with Crippen LogP contribution in [0.4, 0.5) is 11.6 Å². The Bertz CT molecular complexity index is 971. The number of aliphatic hydroxyl groups is 1. The van der Waals surface area contributed by atoms with Crippen LogP contribution < -0.4 is 10.8 Å². The zero-order chi connectivity index (χ0) is 21.3. The molecule has 0 spiro atoms. The molecule has 9 nitrogen and oxygen atoms in total. The minimum atomic E-state index is -0.255. The van der Waals surface area contributed by atoms with Gasteiger partial charge in [0.05, 0.1) is 32.1 Å². The van der Waals surface area contributed by atoms with E-state index in [1.54, 1.807) is 29.5 Å². The number of aliphatic hydroxyl groups excluding tert-OH is 1. The molecule has 2 heterocycles. The van der Waals surface area contributed by atoms with Crippen molar-refractivity contribution in [3.05, 3.63) is 65.2 Å². The largest absolute Gasteiger partial charge is 0.394 e. The molecule has 0 aliphatic carbocycles. The number of hydroxylamine groups is 1. The molecule has 0 atom stereocenters. The number of anilines is 2. The van der Waals surface area contributed by atoms with Crippen molar-refractivity contribution in [2.45, 2.75) is 32.7 Å². The number of hydrogen-bond donors (Lipinski definition) is 3. The van der Waals surface area contributed by atoms with Gasteiger partial charge in [0.1, 0.15) is 0 Å². The Hall–Kier alpha value is -3.30. The van der Waals surface area contributed by atoms with Gasteiger partial charge in [-0.2, -0.15) is 5.10 Å². The summed E-state index contributed by atoms with van der Waals surface area (Å²) >= 11 is 0. The highest BCUT2D eigenvalue weighted by Crippen LogP contribution is 2.15. The molecule has 0 unspecified atom stereocenters. The number of aryl methyl sites for hydroxylation is 3. The Balaban J connectivity index is 1.61. The smallest absolute Gasteiger partial charge is 0.274 e. The first-order chi connectivity index (χ1) is 14.6. The van der Waals surface area contributed by atoms with Gasteiger partial charge in [0.25, 0.3) is 5.91 Å². The third-order valence-electron chi connectivity index (χ3n) is 4.54. The van der Waals surface area contributed by atoms with Gasteiger partial charge in [0, 0.05) is 24.2 Å². The molecule has 2 aromatic heterocycles. The third kappa shape index (κ3) is 5.85. The molecule has 0 radical (unpaired) electrons. The maximum atomic E-state index is 12.1. The Labute approximate surface area is 175 Å². The second-order valence-electron chi connectivity index (χ2n) is 6.78. The van der Waals surface area contributed by atoms with Crippen molar-refractivity contribution < 1.29 is 14.7 Å². The molecule has 0 saturated carbocycles. The Morgan fingerprint density at radius 2 is 1.83 bits per heavy atom. The van der Waals surface area contributed by atoms with Gasteiger partial charge >= 0.3 is 0 Å². The predicted molar refractivity (Wildman–Crippen MR) is 112 cm³/mol. The van der Waals surface area contributed by atoms with Crippen LogP contribution in [0.25, 0.3) is 0 Å². The van der Waals surface area contributed by atoms with Crippen molar-refractivity contribution >= 4 is 17.5 Å². The van der Waals surface area contributed by atoms with Gasteiger partial charge in [0.2, 0.25) is 5.95 Å². The van der Waals surface area contributed by atoms with E-state index in [2.05, 4.69) is 38.9 Å². The SMILES string of the molecule is CCc1cc(CCc2cnc(Nc3cnn(CCO)c3)nc2)cc(C(=O)NOC)c1. The molecule has 3 rings (SSSR count). The number of rotatable bonds is 10. The molecule has 3 N–H and O–H groups in total. The van der Waals surface area contributed by atoms with Crippen LogP contribution in [0.3, 0.4) is 0 Å². The number of aromatic nitrogens is 4. The zero-order valence-electron chi connectivity index (χ0n) is 17.1. The number of amides is 1. The summed E-state index contributed by atoms with van der Waals surface area (Å²) in [6.07, 6.45) is 9.39. The Morgan fingerprint density at radius 1 is 1.10 bits per heavy atom. The van der Waals surface area contributed by atoms with Crippen LogP contribution in [0.5, 0.6) is 0 Å². The highest BCUT2D eigenvalue weighted by Gasteiger charge is 2.09. The summed E-state index contributed by atoms with van der Waals surface area (Å²) in [6.45, 7) is 2.53. The van der Waals surface area contributed by atoms with Crippen molar-refractivity contribution in [2.75, 3.05) is 19.0 Å². The highest BCUT2D eigenvalue weighted by atomic mass is 16.6. The summed E-state index contributed by atoms with van der Waals surface area (Å²) in [4.78, 5) is 25.5. The summed E-state index contributed by atoms with van der Waals surface area (Å²) in [6, 6.07) is 5.88. The number of hydrogen-bond acceptors (Lipinski definition) is 7. The fourth-order valence-electron chi connectivity index (χ4n) is 3.01. The van der Waals surface area contributed by atoms with E-state index in [1.807, 2.05) is 12.1 Å². The minimum Gasteiger partial charge on any atom is -0.394 e. The molecule has 0 bridgehead atoms. The number of benzene rings is 1. The minimum absolute atomic E-state index is 0.0338. The van der Waals surface area contributed by atoms with E-state index >= 15 is 0 Å². The van der Waals surface area contributed by atoms with E-state index in [1.165, 1.54) is 7.11 Å². The van der Waals surface area contributed by atoms with Crippen LogP contribution in [-0.4, -0.2) is 44.5 Å². The van der Waals surface area contributed by atoms with Crippen LogP contribution in [0, 0.1) is 0 Å². The molecule has 1 amide bonds. The molecule has 0 aliphatic rings. The first-order valence-electron chi connectivity index (χ1n) is 9.78. The summed E-state index contributed by atoms with van der Waals surface area (Å²) in [5.74, 6) is 0.226. The van der Waals surface area contributed by atoms with Crippen molar-refractivity contribution in [1.82, 2.24) is 25.2 Å². The maximum Gasteiger partial charge on any atom is 0.274 e. The fourth-order valence-corrected chi connectivity index (χ4v) is 3.01. The van der Waals surface area contributed by atoms with E-state index in [0.717, 1.165) is 41.6 Å². The molecule has 0 aliphatic heterocycles. The van der Waals surface area contributed by atoms with Crippen molar-refractivity contribution in [1.29, 1.82) is 0 Å². The predicted octanol–water partition coefficient (Wildman–Crippen LogP) is 2.05. The van der Waals surface area contributed by atoms with Gasteiger partial charge in [-0.25, -0.2) is 15.4 Å². The van der Waals surface area contributed by atoms with Crippen LogP contribution in [0.1, 0.15) is 34.0 Å². The molecule has 158 valence electrons. The van der Waals surface area contributed by atoms with Crippen LogP contribution in [-0.2, 0) is 30.6 Å². The molecule has 30 heavy (non-hydrogen) atoms. The molecular weight excluding hydrogens is 384 g/mol. The van der Waals surface area contributed by atoms with E-state index in [0.29, 0.717) is 18.1 Å². The topological polar surface area (TPSA) is 114 Å².